The highest BCUT2D eigenvalue weighted by Gasteiger charge is 2.47. The van der Waals surface area contributed by atoms with E-state index in [-0.39, 0.29) is 17.0 Å². The van der Waals surface area contributed by atoms with Crippen molar-refractivity contribution in [1.29, 1.82) is 0 Å². The number of anilines is 1. The molecule has 1 saturated heterocycles. The van der Waals surface area contributed by atoms with Gasteiger partial charge in [-0.3, -0.25) is 14.5 Å². The number of alkyl halides is 3. The summed E-state index contributed by atoms with van der Waals surface area (Å²) in [5, 5.41) is 11.0. The van der Waals surface area contributed by atoms with E-state index in [0.29, 0.717) is 16.9 Å². The zero-order valence-electron chi connectivity index (χ0n) is 17.3. The Balaban J connectivity index is 1.91. The third-order valence-electron chi connectivity index (χ3n) is 5.37. The van der Waals surface area contributed by atoms with Gasteiger partial charge in [0, 0.05) is 11.3 Å². The number of ketones is 1. The summed E-state index contributed by atoms with van der Waals surface area (Å²) in [6.07, 6.45) is -4.55. The van der Waals surface area contributed by atoms with Crippen molar-refractivity contribution in [3.8, 4) is 5.75 Å². The third kappa shape index (κ3) is 4.07. The van der Waals surface area contributed by atoms with Crippen LogP contribution in [0.4, 0.5) is 18.9 Å². The number of benzene rings is 3. The van der Waals surface area contributed by atoms with Gasteiger partial charge in [0.1, 0.15) is 11.5 Å². The predicted molar refractivity (Wildman–Crippen MR) is 116 cm³/mol. The molecule has 0 aliphatic carbocycles. The van der Waals surface area contributed by atoms with E-state index >= 15 is 0 Å². The quantitative estimate of drug-likeness (QED) is 0.329. The highest BCUT2D eigenvalue weighted by atomic mass is 19.4. The van der Waals surface area contributed by atoms with Crippen molar-refractivity contribution < 1.29 is 32.6 Å². The number of carbonyl (C=O) groups excluding carboxylic acids is 2. The number of aliphatic hydroxyl groups is 1. The van der Waals surface area contributed by atoms with Gasteiger partial charge in [0.15, 0.2) is 0 Å². The zero-order chi connectivity index (χ0) is 23.8. The first kappa shape index (κ1) is 22.1. The van der Waals surface area contributed by atoms with Crippen LogP contribution in [0.1, 0.15) is 22.7 Å². The Morgan fingerprint density at radius 3 is 2.21 bits per heavy atom. The summed E-state index contributed by atoms with van der Waals surface area (Å²) < 4.78 is 44.3. The topological polar surface area (TPSA) is 66.8 Å². The van der Waals surface area contributed by atoms with E-state index in [4.69, 9.17) is 4.74 Å². The number of amides is 1. The molecule has 168 valence electrons. The Hall–Kier alpha value is -4.07. The molecule has 1 fully saturated rings. The first-order chi connectivity index (χ1) is 15.7. The van der Waals surface area contributed by atoms with Gasteiger partial charge in [-0.15, -0.1) is 0 Å². The average Bonchev–Trinajstić information content (AvgIpc) is 3.09. The van der Waals surface area contributed by atoms with Crippen LogP contribution < -0.4 is 9.64 Å². The van der Waals surface area contributed by atoms with E-state index in [0.717, 1.165) is 29.2 Å². The van der Waals surface area contributed by atoms with Gasteiger partial charge in [-0.1, -0.05) is 42.5 Å². The van der Waals surface area contributed by atoms with Gasteiger partial charge in [0.05, 0.1) is 24.3 Å². The molecule has 1 aliphatic heterocycles. The van der Waals surface area contributed by atoms with E-state index in [2.05, 4.69) is 0 Å². The molecule has 0 aromatic heterocycles. The Kier molecular flexibility index (Phi) is 5.68. The fourth-order valence-electron chi connectivity index (χ4n) is 3.79. The molecular formula is C25H18F3NO4. The molecule has 33 heavy (non-hydrogen) atoms. The van der Waals surface area contributed by atoms with Crippen molar-refractivity contribution in [3.05, 3.63) is 101 Å². The number of halogens is 3. The minimum atomic E-state index is -4.55. The summed E-state index contributed by atoms with van der Waals surface area (Å²) >= 11 is 0. The Morgan fingerprint density at radius 1 is 0.939 bits per heavy atom. The molecule has 0 saturated carbocycles. The Labute approximate surface area is 187 Å². The molecule has 1 N–H and O–H groups in total. The summed E-state index contributed by atoms with van der Waals surface area (Å²) in [5.41, 5.74) is -0.184. The van der Waals surface area contributed by atoms with E-state index in [1.807, 2.05) is 0 Å². The van der Waals surface area contributed by atoms with Gasteiger partial charge >= 0.3 is 6.18 Å². The first-order valence-electron chi connectivity index (χ1n) is 9.90. The van der Waals surface area contributed by atoms with Crippen molar-refractivity contribution in [2.75, 3.05) is 12.0 Å². The second-order valence-corrected chi connectivity index (χ2v) is 7.36. The van der Waals surface area contributed by atoms with Gasteiger partial charge in [-0.05, 0) is 42.0 Å². The third-order valence-corrected chi connectivity index (χ3v) is 5.37. The summed E-state index contributed by atoms with van der Waals surface area (Å²) in [4.78, 5) is 27.2. The lowest BCUT2D eigenvalue weighted by atomic mass is 9.95. The Bertz CT molecular complexity index is 1230. The molecule has 1 aliphatic rings. The van der Waals surface area contributed by atoms with Crippen LogP contribution in [-0.4, -0.2) is 23.9 Å². The molecule has 0 spiro atoms. The fourth-order valence-corrected chi connectivity index (χ4v) is 3.79. The van der Waals surface area contributed by atoms with Crippen molar-refractivity contribution in [2.45, 2.75) is 12.2 Å². The summed E-state index contributed by atoms with van der Waals surface area (Å²) in [6.45, 7) is 0. The number of ether oxygens (including phenoxy) is 1. The lowest BCUT2D eigenvalue weighted by molar-refractivity contribution is -0.137. The average molecular weight is 453 g/mol. The molecule has 4 rings (SSSR count). The van der Waals surface area contributed by atoms with Gasteiger partial charge in [0.2, 0.25) is 0 Å². The van der Waals surface area contributed by atoms with Crippen molar-refractivity contribution in [1.82, 2.24) is 0 Å². The minimum absolute atomic E-state index is 0.0880. The van der Waals surface area contributed by atoms with E-state index in [9.17, 15) is 27.9 Å². The molecule has 1 unspecified atom stereocenters. The number of methoxy groups -OCH3 is 1. The van der Waals surface area contributed by atoms with Crippen molar-refractivity contribution >= 4 is 23.1 Å². The van der Waals surface area contributed by atoms with Gasteiger partial charge in [0.25, 0.3) is 11.7 Å². The summed E-state index contributed by atoms with van der Waals surface area (Å²) in [7, 11) is 1.45. The monoisotopic (exact) mass is 453 g/mol. The van der Waals surface area contributed by atoms with Crippen LogP contribution in [0.25, 0.3) is 5.76 Å². The number of hydrogen-bond acceptors (Lipinski definition) is 4. The molecule has 3 aromatic rings. The van der Waals surface area contributed by atoms with Crippen LogP contribution >= 0.6 is 0 Å². The molecule has 5 nitrogen and oxygen atoms in total. The number of carbonyl (C=O) groups is 2. The molecule has 1 amide bonds. The van der Waals surface area contributed by atoms with E-state index in [1.54, 1.807) is 54.6 Å². The summed E-state index contributed by atoms with van der Waals surface area (Å²) in [5.74, 6) is -1.83. The van der Waals surface area contributed by atoms with E-state index < -0.39 is 29.5 Å². The van der Waals surface area contributed by atoms with Crippen molar-refractivity contribution in [2.24, 2.45) is 0 Å². The fraction of sp³-hybridized carbons (Fsp3) is 0.120. The zero-order valence-corrected chi connectivity index (χ0v) is 17.3. The van der Waals surface area contributed by atoms with Gasteiger partial charge in [-0.2, -0.15) is 13.2 Å². The molecule has 8 heteroatoms. The number of nitrogens with zero attached hydrogens (tertiary/aromatic N) is 1. The van der Waals surface area contributed by atoms with Crippen LogP contribution in [0.3, 0.4) is 0 Å². The molecule has 3 aromatic carbocycles. The normalized spacial score (nSPS) is 17.9. The SMILES string of the molecule is COc1cccc(C2/C(=C(\O)c3ccccc3)C(=O)C(=O)N2c2ccc(C(F)(F)F)cc2)c1. The maximum atomic E-state index is 13.0. The van der Waals surface area contributed by atoms with Crippen LogP contribution in [0.2, 0.25) is 0 Å². The van der Waals surface area contributed by atoms with Gasteiger partial charge in [-0.25, -0.2) is 0 Å². The van der Waals surface area contributed by atoms with Crippen LogP contribution in [-0.2, 0) is 15.8 Å². The second-order valence-electron chi connectivity index (χ2n) is 7.36. The number of Topliss-reactive ketones (excluding diaryl/α,β-unsaturated/α-hetero) is 1. The molecular weight excluding hydrogens is 435 g/mol. The van der Waals surface area contributed by atoms with Gasteiger partial charge < -0.3 is 9.84 Å². The molecule has 0 radical (unpaired) electrons. The second kappa shape index (κ2) is 8.46. The molecule has 1 heterocycles. The standard InChI is InChI=1S/C25H18F3NO4/c1-33-19-9-5-8-16(14-19)21-20(22(30)15-6-3-2-4-7-15)23(31)24(32)29(21)18-12-10-17(11-13-18)25(26,27)28/h2-14,21,30H,1H3/b22-20+. The number of aliphatic hydroxyl groups excluding tert-OH is 1. The maximum Gasteiger partial charge on any atom is 0.416 e. The molecule has 1 atom stereocenters. The summed E-state index contributed by atoms with van der Waals surface area (Å²) in [6, 6.07) is 17.7. The number of hydrogen-bond donors (Lipinski definition) is 1. The largest absolute Gasteiger partial charge is 0.507 e. The Morgan fingerprint density at radius 2 is 1.61 bits per heavy atom. The van der Waals surface area contributed by atoms with Crippen molar-refractivity contribution in [3.63, 3.8) is 0 Å². The van der Waals surface area contributed by atoms with Crippen LogP contribution in [0, 0.1) is 0 Å². The lowest BCUT2D eigenvalue weighted by Gasteiger charge is -2.26. The highest BCUT2D eigenvalue weighted by molar-refractivity contribution is 6.51. The predicted octanol–water partition coefficient (Wildman–Crippen LogP) is 5.34. The first-order valence-corrected chi connectivity index (χ1v) is 9.90. The van der Waals surface area contributed by atoms with Crippen LogP contribution in [0.15, 0.2) is 84.4 Å². The minimum Gasteiger partial charge on any atom is -0.507 e. The van der Waals surface area contributed by atoms with Crippen LogP contribution in [0.5, 0.6) is 5.75 Å². The highest BCUT2D eigenvalue weighted by Crippen LogP contribution is 2.43. The maximum absolute atomic E-state index is 13.0. The molecule has 0 bridgehead atoms. The lowest BCUT2D eigenvalue weighted by Crippen LogP contribution is -2.29. The number of rotatable bonds is 4. The van der Waals surface area contributed by atoms with E-state index in [1.165, 1.54) is 7.11 Å². The smallest absolute Gasteiger partial charge is 0.416 e.